The van der Waals surface area contributed by atoms with Crippen molar-refractivity contribution < 1.29 is 16.8 Å². The van der Waals surface area contributed by atoms with E-state index in [0.717, 1.165) is 22.3 Å². The summed E-state index contributed by atoms with van der Waals surface area (Å²) in [6, 6.07) is 46.4. The SMILES string of the molecule is [2H]c1cc2c([2H])cc3c(oc4c(-c5ccccc5)ccc(-c5cc([2H])c(N(c6c([2H])cc(-c7ccccc7)cc6[2H])c6c([2H])cc(-c7ccccc7)cc6[2H])c([2H])c5)c43)c2cc1[2H]. The second-order valence-electron chi connectivity index (χ2n) is 13.0. The van der Waals surface area contributed by atoms with Gasteiger partial charge in [-0.25, -0.2) is 0 Å². The van der Waals surface area contributed by atoms with Crippen LogP contribution in [0, 0.1) is 0 Å². The first-order chi connectivity index (χ1) is 30.5. The van der Waals surface area contributed by atoms with Crippen LogP contribution in [0.4, 0.5) is 17.1 Å². The van der Waals surface area contributed by atoms with Crippen molar-refractivity contribution in [1.29, 1.82) is 0 Å². The summed E-state index contributed by atoms with van der Waals surface area (Å²) >= 11 is 0. The van der Waals surface area contributed by atoms with Crippen molar-refractivity contribution >= 4 is 49.8 Å². The Morgan fingerprint density at radius 2 is 0.796 bits per heavy atom. The predicted molar refractivity (Wildman–Crippen MR) is 228 cm³/mol. The summed E-state index contributed by atoms with van der Waals surface area (Å²) in [5.74, 6) is 0. The molecule has 0 atom stereocenters. The lowest BCUT2D eigenvalue weighted by Gasteiger charge is -2.26. The minimum absolute atomic E-state index is 0.000963. The van der Waals surface area contributed by atoms with Crippen LogP contribution >= 0.6 is 0 Å². The molecule has 0 spiro atoms. The zero-order valence-corrected chi connectivity index (χ0v) is 28.9. The van der Waals surface area contributed by atoms with Gasteiger partial charge in [-0.15, -0.1) is 0 Å². The molecule has 1 aromatic heterocycles. The number of hydrogen-bond acceptors (Lipinski definition) is 2. The van der Waals surface area contributed by atoms with E-state index in [9.17, 15) is 8.22 Å². The quantitative estimate of drug-likeness (QED) is 0.165. The fraction of sp³-hybridized carbons (Fsp3) is 0. The first-order valence-corrected chi connectivity index (χ1v) is 17.7. The van der Waals surface area contributed by atoms with Crippen LogP contribution in [0.2, 0.25) is 0 Å². The molecule has 10 rings (SSSR count). The lowest BCUT2D eigenvalue weighted by molar-refractivity contribution is 0.674. The van der Waals surface area contributed by atoms with E-state index >= 15 is 0 Å². The lowest BCUT2D eigenvalue weighted by atomic mass is 9.94. The summed E-state index contributed by atoms with van der Waals surface area (Å²) in [4.78, 5) is 1.38. The molecule has 1 heterocycles. The second-order valence-corrected chi connectivity index (χ2v) is 13.0. The van der Waals surface area contributed by atoms with E-state index in [1.54, 1.807) is 48.5 Å². The van der Waals surface area contributed by atoms with E-state index < -0.39 is 0 Å². The molecule has 0 fully saturated rings. The number of furan rings is 1. The van der Waals surface area contributed by atoms with Crippen molar-refractivity contribution in [2.24, 2.45) is 0 Å². The van der Waals surface area contributed by atoms with Gasteiger partial charge in [0.2, 0.25) is 0 Å². The summed E-state index contributed by atoms with van der Waals surface area (Å²) in [5, 5.41) is 2.25. The van der Waals surface area contributed by atoms with Gasteiger partial charge in [-0.05, 0) is 92.7 Å². The minimum Gasteiger partial charge on any atom is -0.455 e. The Morgan fingerprint density at radius 1 is 0.352 bits per heavy atom. The molecular formula is C52H35NO. The first kappa shape index (κ1) is 23.4. The Kier molecular flexibility index (Phi) is 5.82. The number of hydrogen-bond donors (Lipinski definition) is 0. The van der Waals surface area contributed by atoms with Gasteiger partial charge in [-0.2, -0.15) is 0 Å². The Balaban J connectivity index is 1.21. The fourth-order valence-corrected chi connectivity index (χ4v) is 7.09. The van der Waals surface area contributed by atoms with Gasteiger partial charge in [0, 0.05) is 38.8 Å². The van der Waals surface area contributed by atoms with Gasteiger partial charge in [0.1, 0.15) is 11.2 Å². The topological polar surface area (TPSA) is 16.4 Å². The standard InChI is InChI=1S/C52H35NO/c1-4-12-36(13-5-1)38-20-27-43(28-21-38)53(44-29-22-39(23-30-44)37-14-6-2-7-15-37)45-31-24-42(25-32-45)46-34-35-48(40-16-8-3-9-17-40)52-50(46)49-33-26-41-18-10-11-19-47(41)51(49)54-52/h1-35H/i10D,11D,26D,27D,28D,29D,30D,31D,32D. The van der Waals surface area contributed by atoms with Crippen molar-refractivity contribution in [1.82, 2.24) is 0 Å². The maximum atomic E-state index is 9.66. The van der Waals surface area contributed by atoms with Crippen LogP contribution in [-0.2, 0) is 0 Å². The molecule has 0 saturated heterocycles. The van der Waals surface area contributed by atoms with Gasteiger partial charge in [-0.3, -0.25) is 0 Å². The van der Waals surface area contributed by atoms with E-state index in [-0.39, 0.29) is 71.4 Å². The van der Waals surface area contributed by atoms with E-state index in [4.69, 9.17) is 8.53 Å². The van der Waals surface area contributed by atoms with E-state index in [1.807, 2.05) is 103 Å². The Hall–Kier alpha value is -7.16. The summed E-state index contributed by atoms with van der Waals surface area (Å²) in [6.45, 7) is 0. The molecular weight excluding hydrogens is 655 g/mol. The highest BCUT2D eigenvalue weighted by atomic mass is 16.3. The number of benzene rings is 9. The number of nitrogens with zero attached hydrogens (tertiary/aromatic N) is 1. The molecule has 0 aliphatic rings. The third-order valence-corrected chi connectivity index (χ3v) is 9.77. The summed E-state index contributed by atoms with van der Waals surface area (Å²) < 4.78 is 89.2. The minimum atomic E-state index is -0.143. The van der Waals surface area contributed by atoms with Gasteiger partial charge in [0.15, 0.2) is 0 Å². The molecule has 2 heteroatoms. The lowest BCUT2D eigenvalue weighted by Crippen LogP contribution is -2.09. The summed E-state index contributed by atoms with van der Waals surface area (Å²) in [5.41, 5.74) is 6.66. The number of rotatable bonds is 7. The predicted octanol–water partition coefficient (Wildman–Crippen LogP) is 14.9. The van der Waals surface area contributed by atoms with Crippen LogP contribution in [0.3, 0.4) is 0 Å². The smallest absolute Gasteiger partial charge is 0.143 e. The summed E-state index contributed by atoms with van der Waals surface area (Å²) in [7, 11) is 0. The van der Waals surface area contributed by atoms with Crippen LogP contribution in [-0.4, -0.2) is 0 Å². The largest absolute Gasteiger partial charge is 0.455 e. The van der Waals surface area contributed by atoms with Crippen LogP contribution in [0.25, 0.3) is 77.2 Å². The van der Waals surface area contributed by atoms with Crippen molar-refractivity contribution in [3.63, 3.8) is 0 Å². The maximum Gasteiger partial charge on any atom is 0.143 e. The number of anilines is 3. The van der Waals surface area contributed by atoms with Crippen molar-refractivity contribution in [2.45, 2.75) is 0 Å². The van der Waals surface area contributed by atoms with Gasteiger partial charge in [0.25, 0.3) is 0 Å². The average molecular weight is 699 g/mol. The Bertz CT molecular complexity index is 3280. The Morgan fingerprint density at radius 3 is 1.35 bits per heavy atom. The van der Waals surface area contributed by atoms with Gasteiger partial charge in [-0.1, -0.05) is 164 Å². The van der Waals surface area contributed by atoms with E-state index in [0.29, 0.717) is 55.0 Å². The molecule has 0 unspecified atom stereocenters. The molecule has 0 bridgehead atoms. The van der Waals surface area contributed by atoms with E-state index in [2.05, 4.69) is 0 Å². The highest BCUT2D eigenvalue weighted by Crippen LogP contribution is 2.44. The van der Waals surface area contributed by atoms with E-state index in [1.165, 1.54) is 11.0 Å². The van der Waals surface area contributed by atoms with Gasteiger partial charge >= 0.3 is 0 Å². The van der Waals surface area contributed by atoms with Crippen LogP contribution in [0.5, 0.6) is 0 Å². The van der Waals surface area contributed by atoms with Gasteiger partial charge < -0.3 is 9.32 Å². The summed E-state index contributed by atoms with van der Waals surface area (Å²) in [6.07, 6.45) is 0. The molecule has 2 nitrogen and oxygen atoms in total. The molecule has 0 saturated carbocycles. The van der Waals surface area contributed by atoms with Gasteiger partial charge in [0.05, 0.1) is 12.3 Å². The third-order valence-electron chi connectivity index (χ3n) is 9.77. The zero-order chi connectivity index (χ0) is 43.7. The molecule has 9 aromatic carbocycles. The molecule has 0 aliphatic carbocycles. The molecule has 54 heavy (non-hydrogen) atoms. The highest BCUT2D eigenvalue weighted by molar-refractivity contribution is 6.21. The normalized spacial score (nSPS) is 13.7. The number of fused-ring (bicyclic) bond motifs is 5. The molecule has 0 amide bonds. The first-order valence-electron chi connectivity index (χ1n) is 22.2. The highest BCUT2D eigenvalue weighted by Gasteiger charge is 2.20. The van der Waals surface area contributed by atoms with Crippen molar-refractivity contribution in [2.75, 3.05) is 4.90 Å². The van der Waals surface area contributed by atoms with Crippen molar-refractivity contribution in [3.05, 3.63) is 212 Å². The average Bonchev–Trinajstić information content (AvgIpc) is 3.66. The second kappa shape index (κ2) is 13.4. The monoisotopic (exact) mass is 698 g/mol. The Labute approximate surface area is 327 Å². The molecule has 10 aromatic rings. The van der Waals surface area contributed by atoms with Crippen LogP contribution in [0.1, 0.15) is 12.3 Å². The van der Waals surface area contributed by atoms with Crippen LogP contribution < -0.4 is 4.90 Å². The molecule has 0 aliphatic heterocycles. The maximum absolute atomic E-state index is 9.66. The molecule has 0 N–H and O–H groups in total. The molecule has 0 radical (unpaired) electrons. The zero-order valence-electron chi connectivity index (χ0n) is 37.9. The molecule has 254 valence electrons. The third kappa shape index (κ3) is 5.62. The van der Waals surface area contributed by atoms with Crippen LogP contribution in [0.15, 0.2) is 217 Å². The van der Waals surface area contributed by atoms with Crippen molar-refractivity contribution in [3.8, 4) is 44.5 Å². The fourth-order valence-electron chi connectivity index (χ4n) is 7.09.